The van der Waals surface area contributed by atoms with E-state index in [0.29, 0.717) is 29.4 Å². The molecule has 208 valence electrons. The van der Waals surface area contributed by atoms with E-state index in [2.05, 4.69) is 5.10 Å². The molecule has 5 rings (SSSR count). The summed E-state index contributed by atoms with van der Waals surface area (Å²) in [7, 11) is -3.36. The number of thiophene rings is 1. The van der Waals surface area contributed by atoms with Gasteiger partial charge in [-0.1, -0.05) is 35.9 Å². The van der Waals surface area contributed by atoms with Crippen LogP contribution in [-0.2, 0) is 19.4 Å². The second kappa shape index (κ2) is 11.6. The van der Waals surface area contributed by atoms with Crippen LogP contribution in [0.15, 0.2) is 71.6 Å². The van der Waals surface area contributed by atoms with E-state index in [9.17, 15) is 18.0 Å². The lowest BCUT2D eigenvalue weighted by molar-refractivity contribution is -0.149. The summed E-state index contributed by atoms with van der Waals surface area (Å²) in [6.07, 6.45) is 3.36. The number of carbonyl (C=O) groups is 2. The van der Waals surface area contributed by atoms with Gasteiger partial charge >= 0.3 is 5.97 Å². The van der Waals surface area contributed by atoms with Crippen LogP contribution in [0.4, 0.5) is 0 Å². The van der Waals surface area contributed by atoms with Crippen LogP contribution in [0.1, 0.15) is 36.7 Å². The van der Waals surface area contributed by atoms with Crippen molar-refractivity contribution in [3.63, 3.8) is 0 Å². The first-order valence-electron chi connectivity index (χ1n) is 12.9. The number of amides is 1. The summed E-state index contributed by atoms with van der Waals surface area (Å²) in [5.41, 5.74) is 2.22. The van der Waals surface area contributed by atoms with Crippen molar-refractivity contribution in [2.45, 2.75) is 37.1 Å². The standard InChI is InChI=1S/C29H28ClN3O5S2/c1-3-38-29(35)24-13-6-7-16-32(24)28(34)22-18-25(33(31-22)23-12-5-4-11-21(23)30)27-15-14-26(39-27)19-9-8-10-20(17-19)40(2,36)37/h4-5,8-12,14-15,17-18,24H,3,6-7,13,16H2,1-2H3. The van der Waals surface area contributed by atoms with Crippen LogP contribution < -0.4 is 0 Å². The minimum atomic E-state index is -3.36. The Labute approximate surface area is 242 Å². The monoisotopic (exact) mass is 597 g/mol. The Balaban J connectivity index is 1.57. The van der Waals surface area contributed by atoms with Crippen molar-refractivity contribution in [2.75, 3.05) is 19.4 Å². The highest BCUT2D eigenvalue weighted by molar-refractivity contribution is 7.90. The van der Waals surface area contributed by atoms with Crippen molar-refractivity contribution in [1.29, 1.82) is 0 Å². The van der Waals surface area contributed by atoms with Gasteiger partial charge in [0.15, 0.2) is 15.5 Å². The Morgan fingerprint density at radius 2 is 1.82 bits per heavy atom. The van der Waals surface area contributed by atoms with E-state index in [4.69, 9.17) is 16.3 Å². The largest absolute Gasteiger partial charge is 0.464 e. The molecule has 1 atom stereocenters. The van der Waals surface area contributed by atoms with Gasteiger partial charge in [0.05, 0.1) is 32.8 Å². The Kier molecular flexibility index (Phi) is 8.11. The highest BCUT2D eigenvalue weighted by Crippen LogP contribution is 2.37. The van der Waals surface area contributed by atoms with Crippen molar-refractivity contribution in [1.82, 2.24) is 14.7 Å². The van der Waals surface area contributed by atoms with Crippen LogP contribution in [0.25, 0.3) is 26.7 Å². The van der Waals surface area contributed by atoms with Gasteiger partial charge in [-0.25, -0.2) is 17.9 Å². The van der Waals surface area contributed by atoms with E-state index in [1.54, 1.807) is 46.8 Å². The van der Waals surface area contributed by atoms with E-state index in [1.165, 1.54) is 17.6 Å². The molecular weight excluding hydrogens is 570 g/mol. The summed E-state index contributed by atoms with van der Waals surface area (Å²) >= 11 is 7.99. The molecule has 1 fully saturated rings. The summed E-state index contributed by atoms with van der Waals surface area (Å²) in [5.74, 6) is -0.747. The number of para-hydroxylation sites is 1. The lowest BCUT2D eigenvalue weighted by atomic mass is 10.0. The van der Waals surface area contributed by atoms with Crippen molar-refractivity contribution < 1.29 is 22.7 Å². The molecule has 3 heterocycles. The van der Waals surface area contributed by atoms with Crippen LogP contribution in [-0.4, -0.2) is 60.4 Å². The molecule has 40 heavy (non-hydrogen) atoms. The van der Waals surface area contributed by atoms with Gasteiger partial charge < -0.3 is 9.64 Å². The number of rotatable bonds is 7. The van der Waals surface area contributed by atoms with Gasteiger partial charge in [-0.3, -0.25) is 4.79 Å². The fraction of sp³-hybridized carbons (Fsp3) is 0.276. The number of esters is 1. The lowest BCUT2D eigenvalue weighted by Gasteiger charge is -2.33. The van der Waals surface area contributed by atoms with Gasteiger partial charge in [-0.2, -0.15) is 5.10 Å². The molecule has 0 radical (unpaired) electrons. The Hall–Kier alpha value is -3.47. The second-order valence-corrected chi connectivity index (χ2v) is 13.0. The molecule has 1 saturated heterocycles. The van der Waals surface area contributed by atoms with Crippen molar-refractivity contribution >= 4 is 44.7 Å². The summed E-state index contributed by atoms with van der Waals surface area (Å²) in [5, 5.41) is 5.14. The number of carbonyl (C=O) groups excluding carboxylic acids is 2. The Bertz CT molecular complexity index is 1680. The quantitative estimate of drug-likeness (QED) is 0.247. The van der Waals surface area contributed by atoms with Gasteiger partial charge in [-0.05, 0) is 74.2 Å². The number of hydrogen-bond donors (Lipinski definition) is 0. The number of piperidine rings is 1. The second-order valence-electron chi connectivity index (χ2n) is 9.50. The molecule has 0 spiro atoms. The Morgan fingerprint density at radius 3 is 2.58 bits per heavy atom. The summed E-state index contributed by atoms with van der Waals surface area (Å²) in [4.78, 5) is 29.8. The van der Waals surface area contributed by atoms with Gasteiger partial charge in [-0.15, -0.1) is 11.3 Å². The first-order chi connectivity index (χ1) is 19.2. The van der Waals surface area contributed by atoms with Gasteiger partial charge in [0.25, 0.3) is 5.91 Å². The van der Waals surface area contributed by atoms with Crippen molar-refractivity contribution in [3.8, 4) is 26.7 Å². The van der Waals surface area contributed by atoms with E-state index < -0.39 is 21.8 Å². The first-order valence-corrected chi connectivity index (χ1v) is 16.0. The van der Waals surface area contributed by atoms with Crippen LogP contribution in [0, 0.1) is 0 Å². The highest BCUT2D eigenvalue weighted by Gasteiger charge is 2.35. The number of ether oxygens (including phenoxy) is 1. The summed E-state index contributed by atoms with van der Waals surface area (Å²) in [6.45, 7) is 2.43. The number of likely N-dealkylation sites (tertiary alicyclic amines) is 1. The minimum Gasteiger partial charge on any atom is -0.464 e. The molecule has 8 nitrogen and oxygen atoms in total. The van der Waals surface area contributed by atoms with E-state index >= 15 is 0 Å². The lowest BCUT2D eigenvalue weighted by Crippen LogP contribution is -2.48. The molecule has 2 aromatic carbocycles. The average molecular weight is 598 g/mol. The zero-order chi connectivity index (χ0) is 28.4. The van der Waals surface area contributed by atoms with Crippen LogP contribution in [0.3, 0.4) is 0 Å². The van der Waals surface area contributed by atoms with Crippen LogP contribution >= 0.6 is 22.9 Å². The number of halogens is 1. The molecule has 2 aromatic heterocycles. The normalized spacial score (nSPS) is 15.7. The fourth-order valence-corrected chi connectivity index (χ4v) is 6.67. The predicted octanol–water partition coefficient (Wildman–Crippen LogP) is 5.88. The molecule has 4 aromatic rings. The molecule has 0 saturated carbocycles. The van der Waals surface area contributed by atoms with Crippen LogP contribution in [0.2, 0.25) is 5.02 Å². The predicted molar refractivity (Wildman–Crippen MR) is 156 cm³/mol. The zero-order valence-electron chi connectivity index (χ0n) is 22.0. The van der Waals surface area contributed by atoms with Crippen molar-refractivity contribution in [3.05, 3.63) is 77.4 Å². The SMILES string of the molecule is CCOC(=O)C1CCCCN1C(=O)c1cc(-c2ccc(-c3cccc(S(C)(=O)=O)c3)s2)n(-c2ccccc2Cl)n1. The molecule has 1 aliphatic heterocycles. The maximum Gasteiger partial charge on any atom is 0.328 e. The highest BCUT2D eigenvalue weighted by atomic mass is 35.5. The number of hydrogen-bond acceptors (Lipinski definition) is 7. The van der Waals surface area contributed by atoms with Gasteiger partial charge in [0.1, 0.15) is 6.04 Å². The minimum absolute atomic E-state index is 0.195. The average Bonchev–Trinajstić information content (AvgIpc) is 3.61. The van der Waals surface area contributed by atoms with E-state index in [0.717, 1.165) is 28.2 Å². The van der Waals surface area contributed by atoms with Gasteiger partial charge in [0, 0.05) is 17.7 Å². The fourth-order valence-electron chi connectivity index (χ4n) is 4.78. The van der Waals surface area contributed by atoms with Crippen LogP contribution in [0.5, 0.6) is 0 Å². The third-order valence-corrected chi connectivity index (χ3v) is 9.32. The maximum absolute atomic E-state index is 13.7. The third-order valence-electron chi connectivity index (χ3n) is 6.74. The Morgan fingerprint density at radius 1 is 1.05 bits per heavy atom. The summed E-state index contributed by atoms with van der Waals surface area (Å²) in [6, 6.07) is 18.9. The smallest absolute Gasteiger partial charge is 0.328 e. The summed E-state index contributed by atoms with van der Waals surface area (Å²) < 4.78 is 31.1. The van der Waals surface area contributed by atoms with E-state index in [1.807, 2.05) is 36.4 Å². The number of sulfone groups is 1. The molecule has 1 unspecified atom stereocenters. The third kappa shape index (κ3) is 5.70. The number of nitrogens with zero attached hydrogens (tertiary/aromatic N) is 3. The van der Waals surface area contributed by atoms with Gasteiger partial charge in [0.2, 0.25) is 0 Å². The molecule has 1 amide bonds. The number of benzene rings is 2. The zero-order valence-corrected chi connectivity index (χ0v) is 24.4. The molecule has 1 aliphatic rings. The molecular formula is C29H28ClN3O5S2. The molecule has 0 aliphatic carbocycles. The van der Waals surface area contributed by atoms with Crippen molar-refractivity contribution in [2.24, 2.45) is 0 Å². The topological polar surface area (TPSA) is 98.6 Å². The first kappa shape index (κ1) is 28.1. The maximum atomic E-state index is 13.7. The molecule has 0 N–H and O–H groups in total. The molecule has 0 bridgehead atoms. The molecule has 11 heteroatoms. The number of aromatic nitrogens is 2. The van der Waals surface area contributed by atoms with E-state index in [-0.39, 0.29) is 23.1 Å².